The van der Waals surface area contributed by atoms with E-state index in [1.165, 1.54) is 0 Å². The molecule has 0 amide bonds. The Morgan fingerprint density at radius 1 is 1.67 bits per heavy atom. The summed E-state index contributed by atoms with van der Waals surface area (Å²) in [6, 6.07) is 3.69. The van der Waals surface area contributed by atoms with Crippen LogP contribution in [0, 0.1) is 0 Å². The molecular weight excluding hydrogens is 174 g/mol. The second-order valence-corrected chi connectivity index (χ2v) is 2.87. The van der Waals surface area contributed by atoms with Crippen molar-refractivity contribution in [2.24, 2.45) is 5.73 Å². The van der Waals surface area contributed by atoms with E-state index in [2.05, 4.69) is 12.2 Å². The standard InChI is InChI=1S/C8H11NO2S/c9-8(12)3-5-10-6-7-2-1-4-11-7/h1-2,4H,3,5-6H2,(H2,9,12). The molecule has 0 aliphatic carbocycles. The Hall–Kier alpha value is -0.870. The highest BCUT2D eigenvalue weighted by Gasteiger charge is 1.95. The predicted molar refractivity (Wildman–Crippen MR) is 49.8 cm³/mol. The molecule has 0 saturated heterocycles. The highest BCUT2D eigenvalue weighted by atomic mass is 32.1. The molecule has 1 heterocycles. The van der Waals surface area contributed by atoms with E-state index >= 15 is 0 Å². The highest BCUT2D eigenvalue weighted by Crippen LogP contribution is 2.01. The third-order valence-corrected chi connectivity index (χ3v) is 1.52. The highest BCUT2D eigenvalue weighted by molar-refractivity contribution is 7.80. The van der Waals surface area contributed by atoms with Crippen LogP contribution in [0.15, 0.2) is 22.8 Å². The van der Waals surface area contributed by atoms with Crippen molar-refractivity contribution in [1.29, 1.82) is 0 Å². The van der Waals surface area contributed by atoms with Crippen molar-refractivity contribution in [2.45, 2.75) is 13.0 Å². The molecule has 4 heteroatoms. The van der Waals surface area contributed by atoms with Crippen molar-refractivity contribution >= 4 is 17.2 Å². The first-order valence-electron chi connectivity index (χ1n) is 3.67. The van der Waals surface area contributed by atoms with Gasteiger partial charge >= 0.3 is 0 Å². The molecule has 0 bridgehead atoms. The van der Waals surface area contributed by atoms with Crippen LogP contribution in [0.1, 0.15) is 12.2 Å². The Bertz CT molecular complexity index is 233. The molecule has 66 valence electrons. The minimum atomic E-state index is 0.481. The van der Waals surface area contributed by atoms with Crippen molar-refractivity contribution in [3.05, 3.63) is 24.2 Å². The summed E-state index contributed by atoms with van der Waals surface area (Å²) in [7, 11) is 0. The summed E-state index contributed by atoms with van der Waals surface area (Å²) >= 11 is 4.68. The van der Waals surface area contributed by atoms with E-state index in [0.717, 1.165) is 5.76 Å². The van der Waals surface area contributed by atoms with Gasteiger partial charge in [0.15, 0.2) is 0 Å². The van der Waals surface area contributed by atoms with Gasteiger partial charge in [0.1, 0.15) is 12.4 Å². The predicted octanol–water partition coefficient (Wildman–Crippen LogP) is 1.47. The maximum atomic E-state index is 5.28. The van der Waals surface area contributed by atoms with Gasteiger partial charge in [-0.3, -0.25) is 0 Å². The van der Waals surface area contributed by atoms with Gasteiger partial charge in [0.25, 0.3) is 0 Å². The van der Waals surface area contributed by atoms with Crippen molar-refractivity contribution in [3.63, 3.8) is 0 Å². The molecule has 0 saturated carbocycles. The number of hydrogen-bond donors (Lipinski definition) is 1. The topological polar surface area (TPSA) is 48.4 Å². The normalized spacial score (nSPS) is 10.0. The largest absolute Gasteiger partial charge is 0.467 e. The van der Waals surface area contributed by atoms with Crippen LogP contribution in [0.2, 0.25) is 0 Å². The van der Waals surface area contributed by atoms with Crippen LogP contribution in [0.5, 0.6) is 0 Å². The maximum absolute atomic E-state index is 5.28. The van der Waals surface area contributed by atoms with Crippen molar-refractivity contribution in [3.8, 4) is 0 Å². The average molecular weight is 185 g/mol. The fourth-order valence-electron chi connectivity index (χ4n) is 0.740. The summed E-state index contributed by atoms with van der Waals surface area (Å²) in [6.07, 6.45) is 2.24. The monoisotopic (exact) mass is 185 g/mol. The third kappa shape index (κ3) is 3.50. The van der Waals surface area contributed by atoms with E-state index < -0.39 is 0 Å². The van der Waals surface area contributed by atoms with Gasteiger partial charge in [0, 0.05) is 6.42 Å². The van der Waals surface area contributed by atoms with Gasteiger partial charge in [-0.25, -0.2) is 0 Å². The van der Waals surface area contributed by atoms with Crippen LogP contribution < -0.4 is 5.73 Å². The number of nitrogens with two attached hydrogens (primary N) is 1. The number of ether oxygens (including phenoxy) is 1. The molecule has 0 atom stereocenters. The van der Waals surface area contributed by atoms with E-state index in [1.807, 2.05) is 12.1 Å². The molecule has 0 aliphatic rings. The minimum Gasteiger partial charge on any atom is -0.467 e. The van der Waals surface area contributed by atoms with Gasteiger partial charge in [-0.1, -0.05) is 12.2 Å². The SMILES string of the molecule is NC(=S)CCOCc1ccco1. The summed E-state index contributed by atoms with van der Waals surface area (Å²) in [6.45, 7) is 1.03. The lowest BCUT2D eigenvalue weighted by Gasteiger charge is -1.99. The van der Waals surface area contributed by atoms with Gasteiger partial charge in [-0.05, 0) is 12.1 Å². The van der Waals surface area contributed by atoms with Crippen molar-refractivity contribution in [2.75, 3.05) is 6.61 Å². The maximum Gasteiger partial charge on any atom is 0.129 e. The molecule has 1 rings (SSSR count). The quantitative estimate of drug-likeness (QED) is 0.557. The first-order valence-corrected chi connectivity index (χ1v) is 4.08. The summed E-state index contributed by atoms with van der Waals surface area (Å²) in [5, 5.41) is 0. The molecule has 2 N–H and O–H groups in total. The smallest absolute Gasteiger partial charge is 0.129 e. The van der Waals surface area contributed by atoms with Crippen molar-refractivity contribution in [1.82, 2.24) is 0 Å². The van der Waals surface area contributed by atoms with Crippen LogP contribution in [0.4, 0.5) is 0 Å². The fraction of sp³-hybridized carbons (Fsp3) is 0.375. The van der Waals surface area contributed by atoms with Crippen LogP contribution in [-0.2, 0) is 11.3 Å². The van der Waals surface area contributed by atoms with E-state index in [1.54, 1.807) is 6.26 Å². The Morgan fingerprint density at radius 3 is 3.08 bits per heavy atom. The van der Waals surface area contributed by atoms with Gasteiger partial charge in [0.05, 0.1) is 17.9 Å². The molecule has 0 aromatic carbocycles. The number of hydrogen-bond acceptors (Lipinski definition) is 3. The lowest BCUT2D eigenvalue weighted by molar-refractivity contribution is 0.112. The Kier molecular flexibility index (Phi) is 3.76. The number of rotatable bonds is 5. The molecular formula is C8H11NO2S. The molecule has 0 aliphatic heterocycles. The molecule has 1 aromatic rings. The van der Waals surface area contributed by atoms with Gasteiger partial charge in [-0.15, -0.1) is 0 Å². The van der Waals surface area contributed by atoms with E-state index in [0.29, 0.717) is 24.6 Å². The van der Waals surface area contributed by atoms with Crippen LogP contribution in [0.3, 0.4) is 0 Å². The third-order valence-electron chi connectivity index (χ3n) is 1.32. The van der Waals surface area contributed by atoms with E-state index in [-0.39, 0.29) is 0 Å². The summed E-state index contributed by atoms with van der Waals surface area (Å²) < 4.78 is 10.3. The van der Waals surface area contributed by atoms with Gasteiger partial charge in [0.2, 0.25) is 0 Å². The zero-order valence-corrected chi connectivity index (χ0v) is 7.47. The molecule has 12 heavy (non-hydrogen) atoms. The first kappa shape index (κ1) is 9.22. The van der Waals surface area contributed by atoms with E-state index in [4.69, 9.17) is 14.9 Å². The number of thiocarbonyl (C=S) groups is 1. The Balaban J connectivity index is 2.07. The second-order valence-electron chi connectivity index (χ2n) is 2.35. The minimum absolute atomic E-state index is 0.481. The first-order chi connectivity index (χ1) is 5.79. The molecule has 0 fully saturated rings. The average Bonchev–Trinajstić information content (AvgIpc) is 2.49. The summed E-state index contributed by atoms with van der Waals surface area (Å²) in [4.78, 5) is 0.481. The molecule has 0 radical (unpaired) electrons. The van der Waals surface area contributed by atoms with Crippen molar-refractivity contribution < 1.29 is 9.15 Å². The Morgan fingerprint density at radius 2 is 2.50 bits per heavy atom. The Labute approximate surface area is 76.5 Å². The zero-order chi connectivity index (χ0) is 8.81. The van der Waals surface area contributed by atoms with Gasteiger partial charge in [-0.2, -0.15) is 0 Å². The number of furan rings is 1. The second kappa shape index (κ2) is 4.90. The molecule has 1 aromatic heterocycles. The summed E-state index contributed by atoms with van der Waals surface area (Å²) in [5.41, 5.74) is 5.28. The zero-order valence-electron chi connectivity index (χ0n) is 6.66. The van der Waals surface area contributed by atoms with Crippen LogP contribution in [0.25, 0.3) is 0 Å². The van der Waals surface area contributed by atoms with Crippen LogP contribution >= 0.6 is 12.2 Å². The molecule has 3 nitrogen and oxygen atoms in total. The molecule has 0 unspecified atom stereocenters. The fourth-order valence-corrected chi connectivity index (χ4v) is 0.824. The lowest BCUT2D eigenvalue weighted by Crippen LogP contribution is -2.10. The van der Waals surface area contributed by atoms with E-state index in [9.17, 15) is 0 Å². The van der Waals surface area contributed by atoms with Crippen LogP contribution in [-0.4, -0.2) is 11.6 Å². The molecule has 0 spiro atoms. The lowest BCUT2D eigenvalue weighted by atomic mass is 10.4. The van der Waals surface area contributed by atoms with Gasteiger partial charge < -0.3 is 14.9 Å². The summed E-state index contributed by atoms with van der Waals surface area (Å²) in [5.74, 6) is 0.818.